The van der Waals surface area contributed by atoms with E-state index in [9.17, 15) is 4.79 Å². The fourth-order valence-electron chi connectivity index (χ4n) is 2.57. The van der Waals surface area contributed by atoms with Gasteiger partial charge in [0, 0.05) is 6.54 Å². The van der Waals surface area contributed by atoms with Crippen molar-refractivity contribution in [2.45, 2.75) is 18.6 Å². The summed E-state index contributed by atoms with van der Waals surface area (Å²) >= 11 is 0. The van der Waals surface area contributed by atoms with E-state index in [1.54, 1.807) is 0 Å². The van der Waals surface area contributed by atoms with Crippen molar-refractivity contribution < 1.29 is 4.79 Å². The van der Waals surface area contributed by atoms with E-state index in [1.807, 2.05) is 65.6 Å². The highest BCUT2D eigenvalue weighted by Crippen LogP contribution is 2.34. The van der Waals surface area contributed by atoms with Crippen LogP contribution in [-0.4, -0.2) is 16.8 Å². The van der Waals surface area contributed by atoms with Gasteiger partial charge in [0.15, 0.2) is 0 Å². The number of nitrogens with zero attached hydrogens (tertiary/aromatic N) is 1. The number of amides is 1. The molecule has 0 bridgehead atoms. The maximum Gasteiger partial charge on any atom is 0.242 e. The van der Waals surface area contributed by atoms with Gasteiger partial charge in [-0.1, -0.05) is 60.7 Å². The zero-order valence-electron chi connectivity index (χ0n) is 10.6. The Morgan fingerprint density at radius 3 is 2.16 bits per heavy atom. The molecule has 2 atom stereocenters. The number of likely N-dealkylation sites (tertiary alicyclic amines) is 1. The van der Waals surface area contributed by atoms with Crippen LogP contribution in [0.3, 0.4) is 0 Å². The summed E-state index contributed by atoms with van der Waals surface area (Å²) in [6.45, 7) is 0.618. The SMILES string of the molecule is NC1C(=O)N(Cc2ccccc2)C1c1ccccc1. The Morgan fingerprint density at radius 2 is 1.53 bits per heavy atom. The average Bonchev–Trinajstić information content (AvgIpc) is 2.48. The number of carbonyl (C=O) groups is 1. The van der Waals surface area contributed by atoms with Crippen LogP contribution in [-0.2, 0) is 11.3 Å². The number of nitrogens with two attached hydrogens (primary N) is 1. The maximum absolute atomic E-state index is 12.0. The van der Waals surface area contributed by atoms with E-state index in [4.69, 9.17) is 5.73 Å². The molecule has 3 heteroatoms. The van der Waals surface area contributed by atoms with E-state index < -0.39 is 6.04 Å². The number of hydrogen-bond acceptors (Lipinski definition) is 2. The van der Waals surface area contributed by atoms with E-state index in [0.717, 1.165) is 11.1 Å². The minimum absolute atomic E-state index is 0.00564. The molecule has 1 fully saturated rings. The van der Waals surface area contributed by atoms with Crippen LogP contribution < -0.4 is 5.73 Å². The lowest BCUT2D eigenvalue weighted by Gasteiger charge is -2.45. The number of carbonyl (C=O) groups excluding carboxylic acids is 1. The second kappa shape index (κ2) is 4.86. The summed E-state index contributed by atoms with van der Waals surface area (Å²) in [4.78, 5) is 13.8. The van der Waals surface area contributed by atoms with Crippen molar-refractivity contribution >= 4 is 5.91 Å². The first-order chi connectivity index (χ1) is 9.27. The fourth-order valence-corrected chi connectivity index (χ4v) is 2.57. The smallest absolute Gasteiger partial charge is 0.242 e. The second-order valence-electron chi connectivity index (χ2n) is 4.83. The predicted octanol–water partition coefficient (Wildman–Crippen LogP) is 2.10. The third kappa shape index (κ3) is 2.13. The van der Waals surface area contributed by atoms with Crippen molar-refractivity contribution in [2.24, 2.45) is 5.73 Å². The molecule has 19 heavy (non-hydrogen) atoms. The molecule has 1 saturated heterocycles. The summed E-state index contributed by atoms with van der Waals surface area (Å²) < 4.78 is 0. The van der Waals surface area contributed by atoms with Crippen molar-refractivity contribution in [1.29, 1.82) is 0 Å². The number of benzene rings is 2. The van der Waals surface area contributed by atoms with Crippen LogP contribution >= 0.6 is 0 Å². The summed E-state index contributed by atoms with van der Waals surface area (Å²) in [5, 5.41) is 0. The third-order valence-corrected chi connectivity index (χ3v) is 3.58. The summed E-state index contributed by atoms with van der Waals surface area (Å²) in [7, 11) is 0. The van der Waals surface area contributed by atoms with E-state index in [0.29, 0.717) is 6.54 Å². The molecule has 3 nitrogen and oxygen atoms in total. The molecule has 96 valence electrons. The lowest BCUT2D eigenvalue weighted by Crippen LogP contribution is -2.62. The Balaban J connectivity index is 1.82. The molecule has 0 radical (unpaired) electrons. The molecule has 2 unspecified atom stereocenters. The van der Waals surface area contributed by atoms with Crippen molar-refractivity contribution in [3.63, 3.8) is 0 Å². The van der Waals surface area contributed by atoms with Crippen LogP contribution in [0.5, 0.6) is 0 Å². The van der Waals surface area contributed by atoms with Crippen LogP contribution in [0.25, 0.3) is 0 Å². The van der Waals surface area contributed by atoms with Gasteiger partial charge < -0.3 is 10.6 Å². The van der Waals surface area contributed by atoms with E-state index in [1.165, 1.54) is 0 Å². The van der Waals surface area contributed by atoms with Crippen molar-refractivity contribution in [1.82, 2.24) is 4.90 Å². The quantitative estimate of drug-likeness (QED) is 0.850. The minimum atomic E-state index is -0.411. The third-order valence-electron chi connectivity index (χ3n) is 3.58. The summed E-state index contributed by atoms with van der Waals surface area (Å²) in [6, 6.07) is 19.5. The lowest BCUT2D eigenvalue weighted by molar-refractivity contribution is -0.150. The summed E-state index contributed by atoms with van der Waals surface area (Å²) in [6.07, 6.45) is 0. The first-order valence-corrected chi connectivity index (χ1v) is 6.42. The molecule has 0 saturated carbocycles. The highest BCUT2D eigenvalue weighted by molar-refractivity contribution is 5.89. The molecule has 1 aliphatic heterocycles. The van der Waals surface area contributed by atoms with Crippen molar-refractivity contribution in [3.8, 4) is 0 Å². The first kappa shape index (κ1) is 11.9. The van der Waals surface area contributed by atoms with E-state index >= 15 is 0 Å². The molecular weight excluding hydrogens is 236 g/mol. The molecule has 0 aromatic heterocycles. The molecule has 1 amide bonds. The number of β-lactam (4-membered cyclic amide) rings is 1. The fraction of sp³-hybridized carbons (Fsp3) is 0.188. The number of rotatable bonds is 3. The molecule has 2 N–H and O–H groups in total. The van der Waals surface area contributed by atoms with Crippen LogP contribution in [0.4, 0.5) is 0 Å². The topological polar surface area (TPSA) is 46.3 Å². The van der Waals surface area contributed by atoms with Crippen molar-refractivity contribution in [3.05, 3.63) is 71.8 Å². The molecule has 2 aromatic rings. The summed E-state index contributed by atoms with van der Waals surface area (Å²) in [5.41, 5.74) is 8.18. The minimum Gasteiger partial charge on any atom is -0.328 e. The zero-order valence-corrected chi connectivity index (χ0v) is 10.6. The van der Waals surface area contributed by atoms with Crippen LogP contribution in [0.2, 0.25) is 0 Å². The molecule has 2 aromatic carbocycles. The largest absolute Gasteiger partial charge is 0.328 e. The number of hydrogen-bond donors (Lipinski definition) is 1. The van der Waals surface area contributed by atoms with Crippen molar-refractivity contribution in [2.75, 3.05) is 0 Å². The normalized spacial score (nSPS) is 22.2. The van der Waals surface area contributed by atoms with Gasteiger partial charge in [-0.2, -0.15) is 0 Å². The van der Waals surface area contributed by atoms with Gasteiger partial charge in [0.1, 0.15) is 6.04 Å². The maximum atomic E-state index is 12.0. The van der Waals surface area contributed by atoms with Gasteiger partial charge in [0.05, 0.1) is 6.04 Å². The van der Waals surface area contributed by atoms with E-state index in [2.05, 4.69) is 0 Å². The molecule has 1 aliphatic rings. The van der Waals surface area contributed by atoms with Crippen LogP contribution in [0.1, 0.15) is 17.2 Å². The van der Waals surface area contributed by atoms with Gasteiger partial charge >= 0.3 is 0 Å². The standard InChI is InChI=1S/C16H16N2O/c17-14-15(13-9-5-2-6-10-13)18(16(14)19)11-12-7-3-1-4-8-12/h1-10,14-15H,11,17H2. The average molecular weight is 252 g/mol. The van der Waals surface area contributed by atoms with Gasteiger partial charge in [-0.25, -0.2) is 0 Å². The molecule has 0 spiro atoms. The molecule has 0 aliphatic carbocycles. The van der Waals surface area contributed by atoms with E-state index in [-0.39, 0.29) is 11.9 Å². The highest BCUT2D eigenvalue weighted by Gasteiger charge is 2.45. The Bertz CT molecular complexity index is 568. The summed E-state index contributed by atoms with van der Waals surface area (Å²) in [5.74, 6) is 0.0257. The Kier molecular flexibility index (Phi) is 3.05. The molecular formula is C16H16N2O. The van der Waals surface area contributed by atoms with Gasteiger partial charge in [-0.3, -0.25) is 4.79 Å². The van der Waals surface area contributed by atoms with Gasteiger partial charge in [-0.15, -0.1) is 0 Å². The van der Waals surface area contributed by atoms with Gasteiger partial charge in [-0.05, 0) is 11.1 Å². The molecule has 3 rings (SSSR count). The predicted molar refractivity (Wildman–Crippen MR) is 74.2 cm³/mol. The molecule has 1 heterocycles. The van der Waals surface area contributed by atoms with Gasteiger partial charge in [0.2, 0.25) is 5.91 Å². The Labute approximate surface area is 112 Å². The monoisotopic (exact) mass is 252 g/mol. The van der Waals surface area contributed by atoms with Gasteiger partial charge in [0.25, 0.3) is 0 Å². The second-order valence-corrected chi connectivity index (χ2v) is 4.83. The highest BCUT2D eigenvalue weighted by atomic mass is 16.2. The van der Waals surface area contributed by atoms with Crippen LogP contribution in [0, 0.1) is 0 Å². The Hall–Kier alpha value is -2.13. The van der Waals surface area contributed by atoms with Crippen LogP contribution in [0.15, 0.2) is 60.7 Å². The first-order valence-electron chi connectivity index (χ1n) is 6.42. The lowest BCUT2D eigenvalue weighted by atomic mass is 9.88. The zero-order chi connectivity index (χ0) is 13.2. The Morgan fingerprint density at radius 1 is 0.947 bits per heavy atom.